The number of Topliss-reactive ketones (excluding diaryl/α,β-unsaturated/α-hetero) is 1. The molecule has 8 heteroatoms. The van der Waals surface area contributed by atoms with Gasteiger partial charge in [0, 0.05) is 5.02 Å². The van der Waals surface area contributed by atoms with Gasteiger partial charge in [-0.3, -0.25) is 10.2 Å². The molecule has 3 aromatic rings. The summed E-state index contributed by atoms with van der Waals surface area (Å²) in [5, 5.41) is 17.2. The molecule has 0 bridgehead atoms. The average Bonchev–Trinajstić information content (AvgIpc) is 2.98. The van der Waals surface area contributed by atoms with Crippen LogP contribution in [-0.2, 0) is 0 Å². The van der Waals surface area contributed by atoms with E-state index in [1.807, 2.05) is 0 Å². The SMILES string of the molecule is N#CC(=NNc1cc(F)cc(Cl)c1)C(=O)c1noc2ccccc12. The maximum Gasteiger partial charge on any atom is 0.246 e. The first-order chi connectivity index (χ1) is 11.6. The molecule has 0 aliphatic rings. The largest absolute Gasteiger partial charge is 0.356 e. The molecule has 118 valence electrons. The lowest BCUT2D eigenvalue weighted by molar-refractivity contribution is 0.106. The van der Waals surface area contributed by atoms with E-state index in [2.05, 4.69) is 15.7 Å². The maximum absolute atomic E-state index is 13.3. The highest BCUT2D eigenvalue weighted by Gasteiger charge is 2.21. The van der Waals surface area contributed by atoms with Gasteiger partial charge in [0.15, 0.2) is 11.3 Å². The van der Waals surface area contributed by atoms with E-state index in [4.69, 9.17) is 21.4 Å². The average molecular weight is 343 g/mol. The summed E-state index contributed by atoms with van der Waals surface area (Å²) in [6.07, 6.45) is 0. The fourth-order valence-corrected chi connectivity index (χ4v) is 2.25. The monoisotopic (exact) mass is 342 g/mol. The molecule has 6 nitrogen and oxygen atoms in total. The Kier molecular flexibility index (Phi) is 4.22. The van der Waals surface area contributed by atoms with Gasteiger partial charge in [-0.2, -0.15) is 10.4 Å². The first kappa shape index (κ1) is 15.6. The van der Waals surface area contributed by atoms with Crippen molar-refractivity contribution in [2.45, 2.75) is 0 Å². The number of benzene rings is 2. The van der Waals surface area contributed by atoms with Crippen LogP contribution in [0.15, 0.2) is 52.1 Å². The standard InChI is InChI=1S/C16H8ClFN4O2/c17-9-5-10(18)7-11(6-9)20-21-13(8-19)16(23)15-12-3-1-2-4-14(12)24-22-15/h1-7,20H. The second kappa shape index (κ2) is 6.48. The van der Waals surface area contributed by atoms with Crippen molar-refractivity contribution in [1.29, 1.82) is 5.26 Å². The van der Waals surface area contributed by atoms with Crippen LogP contribution in [0.1, 0.15) is 10.5 Å². The number of carbonyl (C=O) groups excluding carboxylic acids is 1. The summed E-state index contributed by atoms with van der Waals surface area (Å²) < 4.78 is 18.3. The molecular weight excluding hydrogens is 335 g/mol. The zero-order valence-corrected chi connectivity index (χ0v) is 12.7. The van der Waals surface area contributed by atoms with Crippen LogP contribution in [0.4, 0.5) is 10.1 Å². The molecular formula is C16H8ClFN4O2. The topological polar surface area (TPSA) is 91.3 Å². The van der Waals surface area contributed by atoms with E-state index in [0.717, 1.165) is 12.1 Å². The number of halogens is 2. The molecule has 0 radical (unpaired) electrons. The number of hydrogen-bond acceptors (Lipinski definition) is 6. The van der Waals surface area contributed by atoms with Crippen molar-refractivity contribution in [3.63, 3.8) is 0 Å². The molecule has 1 heterocycles. The van der Waals surface area contributed by atoms with Crippen LogP contribution >= 0.6 is 11.6 Å². The third-order valence-corrected chi connectivity index (χ3v) is 3.29. The Morgan fingerprint density at radius 1 is 1.33 bits per heavy atom. The minimum atomic E-state index is -0.711. The molecule has 0 amide bonds. The number of ketones is 1. The first-order valence-electron chi connectivity index (χ1n) is 6.67. The van der Waals surface area contributed by atoms with Crippen LogP contribution < -0.4 is 5.43 Å². The van der Waals surface area contributed by atoms with Gasteiger partial charge in [0.05, 0.1) is 11.1 Å². The lowest BCUT2D eigenvalue weighted by Crippen LogP contribution is -2.15. The number of fused-ring (bicyclic) bond motifs is 1. The van der Waals surface area contributed by atoms with Crippen molar-refractivity contribution in [2.24, 2.45) is 5.10 Å². The van der Waals surface area contributed by atoms with Gasteiger partial charge in [0.2, 0.25) is 11.5 Å². The third kappa shape index (κ3) is 3.09. The second-order valence-electron chi connectivity index (χ2n) is 4.70. The van der Waals surface area contributed by atoms with E-state index < -0.39 is 17.3 Å². The number of nitriles is 1. The Labute approximate surface area is 140 Å². The quantitative estimate of drug-likeness (QED) is 0.442. The van der Waals surface area contributed by atoms with Gasteiger partial charge < -0.3 is 4.52 Å². The lowest BCUT2D eigenvalue weighted by atomic mass is 10.1. The van der Waals surface area contributed by atoms with Gasteiger partial charge in [-0.05, 0) is 30.3 Å². The molecule has 24 heavy (non-hydrogen) atoms. The van der Waals surface area contributed by atoms with E-state index >= 15 is 0 Å². The van der Waals surface area contributed by atoms with Gasteiger partial charge in [-0.25, -0.2) is 4.39 Å². The van der Waals surface area contributed by atoms with Crippen LogP contribution in [-0.4, -0.2) is 16.7 Å². The molecule has 1 N–H and O–H groups in total. The van der Waals surface area contributed by atoms with Gasteiger partial charge in [0.1, 0.15) is 11.9 Å². The Morgan fingerprint density at radius 2 is 2.12 bits per heavy atom. The predicted octanol–water partition coefficient (Wildman–Crippen LogP) is 3.79. The number of hydrogen-bond donors (Lipinski definition) is 1. The highest BCUT2D eigenvalue weighted by Crippen LogP contribution is 2.20. The van der Waals surface area contributed by atoms with Gasteiger partial charge in [-0.1, -0.05) is 28.9 Å². The molecule has 1 aromatic heterocycles. The number of hydrazone groups is 1. The molecule has 0 fully saturated rings. The lowest BCUT2D eigenvalue weighted by Gasteiger charge is -2.02. The van der Waals surface area contributed by atoms with E-state index in [9.17, 15) is 9.18 Å². The van der Waals surface area contributed by atoms with Crippen molar-refractivity contribution in [2.75, 3.05) is 5.43 Å². The van der Waals surface area contributed by atoms with Crippen LogP contribution in [0.5, 0.6) is 0 Å². The fraction of sp³-hybridized carbons (Fsp3) is 0. The Hall–Kier alpha value is -3.24. The number of nitrogens with one attached hydrogen (secondary N) is 1. The molecule has 3 rings (SSSR count). The van der Waals surface area contributed by atoms with Crippen LogP contribution in [0, 0.1) is 17.1 Å². The van der Waals surface area contributed by atoms with E-state index in [0.29, 0.717) is 11.0 Å². The number of para-hydroxylation sites is 1. The van der Waals surface area contributed by atoms with E-state index in [-0.39, 0.29) is 16.4 Å². The van der Waals surface area contributed by atoms with Gasteiger partial charge in [-0.15, -0.1) is 0 Å². The summed E-state index contributed by atoms with van der Waals surface area (Å²) in [5.74, 6) is -1.29. The van der Waals surface area contributed by atoms with E-state index in [1.165, 1.54) is 6.07 Å². The van der Waals surface area contributed by atoms with Crippen LogP contribution in [0.25, 0.3) is 11.0 Å². The third-order valence-electron chi connectivity index (χ3n) is 3.07. The summed E-state index contributed by atoms with van der Waals surface area (Å²) in [5.41, 5.74) is 2.58. The summed E-state index contributed by atoms with van der Waals surface area (Å²) in [6.45, 7) is 0. The molecule has 0 saturated carbocycles. The minimum Gasteiger partial charge on any atom is -0.356 e. The molecule has 0 saturated heterocycles. The summed E-state index contributed by atoms with van der Waals surface area (Å²) in [4.78, 5) is 12.4. The Balaban J connectivity index is 1.90. The first-order valence-corrected chi connectivity index (χ1v) is 7.05. The van der Waals surface area contributed by atoms with Crippen molar-refractivity contribution in [3.05, 3.63) is 59.0 Å². The molecule has 0 atom stereocenters. The molecule has 0 aliphatic carbocycles. The summed E-state index contributed by atoms with van der Waals surface area (Å²) in [6, 6.07) is 12.1. The normalized spacial score (nSPS) is 11.3. The smallest absolute Gasteiger partial charge is 0.246 e. The Bertz CT molecular complexity index is 986. The summed E-state index contributed by atoms with van der Waals surface area (Å²) >= 11 is 5.73. The predicted molar refractivity (Wildman–Crippen MR) is 86.4 cm³/mol. The number of carbonyl (C=O) groups is 1. The zero-order valence-electron chi connectivity index (χ0n) is 12.0. The molecule has 2 aromatic carbocycles. The zero-order chi connectivity index (χ0) is 17.1. The van der Waals surface area contributed by atoms with E-state index in [1.54, 1.807) is 30.3 Å². The van der Waals surface area contributed by atoms with Crippen LogP contribution in [0.3, 0.4) is 0 Å². The number of nitrogens with zero attached hydrogens (tertiary/aromatic N) is 3. The van der Waals surface area contributed by atoms with Crippen molar-refractivity contribution in [3.8, 4) is 6.07 Å². The number of rotatable bonds is 4. The fourth-order valence-electron chi connectivity index (χ4n) is 2.03. The van der Waals surface area contributed by atoms with Crippen molar-refractivity contribution >= 4 is 39.8 Å². The van der Waals surface area contributed by atoms with Crippen LogP contribution in [0.2, 0.25) is 5.02 Å². The second-order valence-corrected chi connectivity index (χ2v) is 5.14. The molecule has 0 spiro atoms. The van der Waals surface area contributed by atoms with Gasteiger partial charge in [0.25, 0.3) is 0 Å². The van der Waals surface area contributed by atoms with Crippen molar-refractivity contribution < 1.29 is 13.7 Å². The molecule has 0 unspecified atom stereocenters. The number of anilines is 1. The number of aromatic nitrogens is 1. The highest BCUT2D eigenvalue weighted by atomic mass is 35.5. The Morgan fingerprint density at radius 3 is 2.88 bits per heavy atom. The highest BCUT2D eigenvalue weighted by molar-refractivity contribution is 6.52. The maximum atomic E-state index is 13.3. The van der Waals surface area contributed by atoms with Crippen molar-refractivity contribution in [1.82, 2.24) is 5.16 Å². The molecule has 0 aliphatic heterocycles. The minimum absolute atomic E-state index is 0.0232. The summed E-state index contributed by atoms with van der Waals surface area (Å²) in [7, 11) is 0. The van der Waals surface area contributed by atoms with Gasteiger partial charge >= 0.3 is 0 Å².